The maximum atomic E-state index is 13.9. The van der Waals surface area contributed by atoms with Gasteiger partial charge in [0.15, 0.2) is 5.82 Å². The van der Waals surface area contributed by atoms with Crippen LogP contribution in [0.2, 0.25) is 0 Å². The Balaban J connectivity index is 1.33. The second kappa shape index (κ2) is 19.4. The Morgan fingerprint density at radius 3 is 2.08 bits per heavy atom. The van der Waals surface area contributed by atoms with E-state index in [0.29, 0.717) is 44.5 Å². The Hall–Kier alpha value is -5.84. The van der Waals surface area contributed by atoms with Crippen LogP contribution in [0.3, 0.4) is 0 Å². The molecule has 4 aromatic carbocycles. The van der Waals surface area contributed by atoms with Gasteiger partial charge >= 0.3 is 12.1 Å². The molecule has 0 aliphatic carbocycles. The van der Waals surface area contributed by atoms with E-state index in [9.17, 15) is 14.4 Å². The van der Waals surface area contributed by atoms with E-state index in [4.69, 9.17) is 9.47 Å². The summed E-state index contributed by atoms with van der Waals surface area (Å²) in [5.74, 6) is -0.108. The van der Waals surface area contributed by atoms with E-state index >= 15 is 0 Å². The number of hydrogen-bond acceptors (Lipinski definition) is 8. The molecule has 0 aliphatic rings. The van der Waals surface area contributed by atoms with Gasteiger partial charge in [-0.05, 0) is 70.0 Å². The third-order valence-electron chi connectivity index (χ3n) is 8.45. The molecule has 1 unspecified atom stereocenters. The van der Waals surface area contributed by atoms with Gasteiger partial charge in [-0.2, -0.15) is 0 Å². The van der Waals surface area contributed by atoms with E-state index in [1.165, 1.54) is 0 Å². The molecule has 264 valence electrons. The Morgan fingerprint density at radius 1 is 0.765 bits per heavy atom. The third kappa shape index (κ3) is 11.1. The van der Waals surface area contributed by atoms with Crippen molar-refractivity contribution in [3.05, 3.63) is 126 Å². The van der Waals surface area contributed by atoms with Gasteiger partial charge in [-0.25, -0.2) is 14.7 Å². The first-order chi connectivity index (χ1) is 25.0. The van der Waals surface area contributed by atoms with Gasteiger partial charge in [0.05, 0.1) is 0 Å². The molecular weight excluding hydrogens is 644 g/mol. The number of tetrazole rings is 1. The van der Waals surface area contributed by atoms with Crippen LogP contribution in [0.4, 0.5) is 4.79 Å². The zero-order chi connectivity index (χ0) is 35.7. The summed E-state index contributed by atoms with van der Waals surface area (Å²) in [4.78, 5) is 41.7. The summed E-state index contributed by atoms with van der Waals surface area (Å²) in [5.41, 5.74) is 5.26. The first kappa shape index (κ1) is 36.4. The lowest BCUT2D eigenvalue weighted by molar-refractivity contribution is -0.157. The van der Waals surface area contributed by atoms with Crippen molar-refractivity contribution in [2.45, 2.75) is 71.2 Å². The van der Waals surface area contributed by atoms with Crippen LogP contribution in [-0.2, 0) is 38.8 Å². The number of nitrogens with zero attached hydrogens (tertiary/aromatic N) is 4. The molecule has 2 N–H and O–H groups in total. The van der Waals surface area contributed by atoms with Crippen LogP contribution in [0, 0.1) is 0 Å². The topological polar surface area (TPSA) is 139 Å². The van der Waals surface area contributed by atoms with E-state index in [-0.39, 0.29) is 25.7 Å². The normalized spacial score (nSPS) is 11.4. The minimum atomic E-state index is -0.840. The number of benzene rings is 4. The van der Waals surface area contributed by atoms with Crippen LogP contribution < -0.4 is 5.32 Å². The van der Waals surface area contributed by atoms with Gasteiger partial charge in [-0.3, -0.25) is 4.79 Å². The molecule has 0 saturated carbocycles. The van der Waals surface area contributed by atoms with Crippen LogP contribution in [0.15, 0.2) is 109 Å². The molecule has 5 rings (SSSR count). The molecule has 11 nitrogen and oxygen atoms in total. The number of carbonyl (C=O) groups is 3. The lowest BCUT2D eigenvalue weighted by atomic mass is 9.96. The zero-order valence-electron chi connectivity index (χ0n) is 28.9. The van der Waals surface area contributed by atoms with Crippen LogP contribution in [0.25, 0.3) is 22.5 Å². The van der Waals surface area contributed by atoms with Crippen molar-refractivity contribution in [2.24, 2.45) is 0 Å². The summed E-state index contributed by atoms with van der Waals surface area (Å²) in [7, 11) is 0. The van der Waals surface area contributed by atoms with Gasteiger partial charge < -0.3 is 19.7 Å². The van der Waals surface area contributed by atoms with Crippen molar-refractivity contribution >= 4 is 18.0 Å². The van der Waals surface area contributed by atoms with Crippen molar-refractivity contribution in [1.29, 1.82) is 0 Å². The highest BCUT2D eigenvalue weighted by Gasteiger charge is 2.31. The SMILES string of the molecule is CCCCC(=O)N(Cc1ccc(-c2ccccc2)c(-c2nnn[nH]2)c1)C(CCCCNC(=O)OCc1ccccc1)C(=O)OCc1ccccc1. The number of amides is 2. The molecule has 0 saturated heterocycles. The highest BCUT2D eigenvalue weighted by molar-refractivity contribution is 5.85. The average molecular weight is 689 g/mol. The number of aromatic nitrogens is 4. The molecule has 5 aromatic rings. The average Bonchev–Trinajstić information content (AvgIpc) is 3.72. The molecule has 1 aromatic heterocycles. The fraction of sp³-hybridized carbons (Fsp3) is 0.300. The van der Waals surface area contributed by atoms with Crippen LogP contribution >= 0.6 is 0 Å². The molecule has 0 aliphatic heterocycles. The Bertz CT molecular complexity index is 1800. The van der Waals surface area contributed by atoms with Gasteiger partial charge in [-0.1, -0.05) is 116 Å². The summed E-state index contributed by atoms with van der Waals surface area (Å²) in [5, 5.41) is 17.4. The summed E-state index contributed by atoms with van der Waals surface area (Å²) in [6.45, 7) is 2.84. The van der Waals surface area contributed by atoms with Gasteiger partial charge in [0.25, 0.3) is 0 Å². The molecule has 0 bridgehead atoms. The minimum Gasteiger partial charge on any atom is -0.459 e. The van der Waals surface area contributed by atoms with Crippen molar-refractivity contribution in [2.75, 3.05) is 6.54 Å². The predicted molar refractivity (Wildman–Crippen MR) is 194 cm³/mol. The van der Waals surface area contributed by atoms with E-state index in [1.54, 1.807) is 4.90 Å². The van der Waals surface area contributed by atoms with Crippen LogP contribution in [0.1, 0.15) is 62.1 Å². The standard InChI is InChI=1S/C40H44N6O5/c1-2-3-22-37(47)46(27-32-23-24-34(33-19-11-6-12-20-33)35(26-32)38-42-44-45-43-38)36(39(48)50-28-30-15-7-4-8-16-30)21-13-14-25-41-40(49)51-29-31-17-9-5-10-18-31/h4-12,15-20,23-24,26,36H,2-3,13-14,21-22,25,27-29H2,1H3,(H,41,49)(H,42,43,44,45). The highest BCUT2D eigenvalue weighted by Crippen LogP contribution is 2.31. The quantitative estimate of drug-likeness (QED) is 0.0725. The number of ether oxygens (including phenoxy) is 2. The number of rotatable bonds is 18. The number of unbranched alkanes of at least 4 members (excludes halogenated alkanes) is 2. The van der Waals surface area contributed by atoms with Crippen molar-refractivity contribution in [3.63, 3.8) is 0 Å². The third-order valence-corrected chi connectivity index (χ3v) is 8.45. The van der Waals surface area contributed by atoms with E-state index < -0.39 is 18.1 Å². The molecule has 1 atom stereocenters. The number of H-pyrrole nitrogens is 1. The fourth-order valence-electron chi connectivity index (χ4n) is 5.72. The lowest BCUT2D eigenvalue weighted by Crippen LogP contribution is -2.45. The van der Waals surface area contributed by atoms with Gasteiger partial charge in [0, 0.05) is 25.1 Å². The van der Waals surface area contributed by atoms with Crippen LogP contribution in [0.5, 0.6) is 0 Å². The van der Waals surface area contributed by atoms with Crippen molar-refractivity contribution in [3.8, 4) is 22.5 Å². The van der Waals surface area contributed by atoms with Gasteiger partial charge in [-0.15, -0.1) is 5.10 Å². The number of nitrogens with one attached hydrogen (secondary N) is 2. The smallest absolute Gasteiger partial charge is 0.407 e. The largest absolute Gasteiger partial charge is 0.459 e. The summed E-state index contributed by atoms with van der Waals surface area (Å²) in [6.07, 6.45) is 2.81. The van der Waals surface area contributed by atoms with Gasteiger partial charge in [0.1, 0.15) is 19.3 Å². The van der Waals surface area contributed by atoms with Crippen molar-refractivity contribution in [1.82, 2.24) is 30.8 Å². The number of carbonyl (C=O) groups excluding carboxylic acids is 3. The lowest BCUT2D eigenvalue weighted by Gasteiger charge is -2.31. The second-order valence-electron chi connectivity index (χ2n) is 12.2. The maximum Gasteiger partial charge on any atom is 0.407 e. The number of esters is 1. The molecule has 2 amide bonds. The van der Waals surface area contributed by atoms with Gasteiger partial charge in [0.2, 0.25) is 5.91 Å². The molecular formula is C40H44N6O5. The Kier molecular flexibility index (Phi) is 13.8. The summed E-state index contributed by atoms with van der Waals surface area (Å²) >= 11 is 0. The Morgan fingerprint density at radius 2 is 1.43 bits per heavy atom. The monoisotopic (exact) mass is 688 g/mol. The Labute approximate surface area is 298 Å². The first-order valence-corrected chi connectivity index (χ1v) is 17.4. The minimum absolute atomic E-state index is 0.0936. The molecule has 51 heavy (non-hydrogen) atoms. The first-order valence-electron chi connectivity index (χ1n) is 17.4. The van der Waals surface area contributed by atoms with Crippen LogP contribution in [-0.4, -0.2) is 56.1 Å². The summed E-state index contributed by atoms with van der Waals surface area (Å²) in [6, 6.07) is 33.9. The second-order valence-corrected chi connectivity index (χ2v) is 12.2. The number of alkyl carbamates (subject to hydrolysis) is 1. The van der Waals surface area contributed by atoms with Crippen molar-refractivity contribution < 1.29 is 23.9 Å². The molecule has 0 fully saturated rings. The molecule has 0 radical (unpaired) electrons. The summed E-state index contributed by atoms with van der Waals surface area (Å²) < 4.78 is 11.2. The molecule has 1 heterocycles. The number of aromatic amines is 1. The van der Waals surface area contributed by atoms with E-state index in [2.05, 4.69) is 25.9 Å². The fourth-order valence-corrected chi connectivity index (χ4v) is 5.72. The molecule has 11 heteroatoms. The maximum absolute atomic E-state index is 13.9. The molecule has 0 spiro atoms. The van der Waals surface area contributed by atoms with E-state index in [1.807, 2.05) is 116 Å². The highest BCUT2D eigenvalue weighted by atomic mass is 16.5. The number of hydrogen-bond donors (Lipinski definition) is 2. The zero-order valence-corrected chi connectivity index (χ0v) is 28.9. The van der Waals surface area contributed by atoms with E-state index in [0.717, 1.165) is 39.8 Å². The predicted octanol–water partition coefficient (Wildman–Crippen LogP) is 7.26.